The van der Waals surface area contributed by atoms with Gasteiger partial charge in [-0.2, -0.15) is 5.10 Å². The summed E-state index contributed by atoms with van der Waals surface area (Å²) in [4.78, 5) is 15.9. The van der Waals surface area contributed by atoms with Crippen molar-refractivity contribution >= 4 is 29.3 Å². The highest BCUT2D eigenvalue weighted by Crippen LogP contribution is 2.18. The second-order valence-corrected chi connectivity index (χ2v) is 5.66. The number of rotatable bonds is 5. The second-order valence-electron chi connectivity index (χ2n) is 3.89. The Kier molecular flexibility index (Phi) is 4.81. The first-order valence-corrected chi connectivity index (χ1v) is 6.95. The molecule has 0 radical (unpaired) electrons. The molecule has 1 aromatic heterocycles. The SMILES string of the molecule is C[C@H](Sc1ncn[nH]1)C(=O)NCc1ccc(Cl)cc1. The number of aromatic amines is 1. The van der Waals surface area contributed by atoms with Crippen LogP contribution in [0, 0.1) is 0 Å². The summed E-state index contributed by atoms with van der Waals surface area (Å²) in [7, 11) is 0. The second kappa shape index (κ2) is 6.58. The smallest absolute Gasteiger partial charge is 0.233 e. The van der Waals surface area contributed by atoms with Crippen LogP contribution in [0.1, 0.15) is 12.5 Å². The maximum Gasteiger partial charge on any atom is 0.233 e. The zero-order valence-electron chi connectivity index (χ0n) is 10.3. The molecule has 0 spiro atoms. The zero-order chi connectivity index (χ0) is 13.7. The van der Waals surface area contributed by atoms with Crippen LogP contribution in [0.4, 0.5) is 0 Å². The van der Waals surface area contributed by atoms with Crippen molar-refractivity contribution in [1.29, 1.82) is 0 Å². The van der Waals surface area contributed by atoms with Crippen molar-refractivity contribution in [1.82, 2.24) is 20.5 Å². The molecule has 2 rings (SSSR count). The van der Waals surface area contributed by atoms with Gasteiger partial charge < -0.3 is 5.32 Å². The number of aromatic nitrogens is 3. The molecule has 7 heteroatoms. The number of nitrogens with one attached hydrogen (secondary N) is 2. The van der Waals surface area contributed by atoms with Crippen molar-refractivity contribution in [2.75, 3.05) is 0 Å². The van der Waals surface area contributed by atoms with Gasteiger partial charge in [-0.15, -0.1) is 0 Å². The van der Waals surface area contributed by atoms with E-state index in [1.54, 1.807) is 12.1 Å². The lowest BCUT2D eigenvalue weighted by molar-refractivity contribution is -0.120. The van der Waals surface area contributed by atoms with Crippen molar-refractivity contribution in [2.45, 2.75) is 23.9 Å². The fraction of sp³-hybridized carbons (Fsp3) is 0.250. The summed E-state index contributed by atoms with van der Waals surface area (Å²) >= 11 is 7.13. The van der Waals surface area contributed by atoms with E-state index in [2.05, 4.69) is 20.5 Å². The average Bonchev–Trinajstić information content (AvgIpc) is 2.90. The molecule has 0 fully saturated rings. The molecule has 0 bridgehead atoms. The highest BCUT2D eigenvalue weighted by atomic mass is 35.5. The van der Waals surface area contributed by atoms with Gasteiger partial charge in [-0.25, -0.2) is 4.98 Å². The maximum atomic E-state index is 11.9. The summed E-state index contributed by atoms with van der Waals surface area (Å²) in [5, 5.41) is 10.4. The minimum atomic E-state index is -0.236. The van der Waals surface area contributed by atoms with Crippen molar-refractivity contribution in [3.8, 4) is 0 Å². The topological polar surface area (TPSA) is 70.7 Å². The fourth-order valence-electron chi connectivity index (χ4n) is 1.41. The van der Waals surface area contributed by atoms with Crippen LogP contribution in [0.5, 0.6) is 0 Å². The Morgan fingerprint density at radius 3 is 2.84 bits per heavy atom. The van der Waals surface area contributed by atoms with Crippen LogP contribution in [-0.2, 0) is 11.3 Å². The van der Waals surface area contributed by atoms with E-state index < -0.39 is 0 Å². The average molecular weight is 297 g/mol. The van der Waals surface area contributed by atoms with Crippen LogP contribution < -0.4 is 5.32 Å². The van der Waals surface area contributed by atoms with Crippen LogP contribution in [0.3, 0.4) is 0 Å². The molecule has 2 N–H and O–H groups in total. The maximum absolute atomic E-state index is 11.9. The molecule has 0 aliphatic rings. The highest BCUT2D eigenvalue weighted by molar-refractivity contribution is 8.00. The number of nitrogens with zero attached hydrogens (tertiary/aromatic N) is 2. The van der Waals surface area contributed by atoms with Crippen LogP contribution in [-0.4, -0.2) is 26.3 Å². The third kappa shape index (κ3) is 4.25. The molecular formula is C12H13ClN4OS. The third-order valence-electron chi connectivity index (χ3n) is 2.43. The van der Waals surface area contributed by atoms with E-state index in [1.807, 2.05) is 19.1 Å². The Hall–Kier alpha value is -1.53. The molecule has 0 aliphatic carbocycles. The summed E-state index contributed by atoms with van der Waals surface area (Å²) in [5.41, 5.74) is 1.01. The predicted molar refractivity (Wildman–Crippen MR) is 75.0 cm³/mol. The highest BCUT2D eigenvalue weighted by Gasteiger charge is 2.15. The number of thioether (sulfide) groups is 1. The molecule has 0 unspecified atom stereocenters. The Morgan fingerprint density at radius 1 is 1.47 bits per heavy atom. The molecule has 19 heavy (non-hydrogen) atoms. The summed E-state index contributed by atoms with van der Waals surface area (Å²) < 4.78 is 0. The number of amides is 1. The molecule has 0 aliphatic heterocycles. The van der Waals surface area contributed by atoms with Crippen LogP contribution in [0.25, 0.3) is 0 Å². The number of halogens is 1. The Morgan fingerprint density at radius 2 is 2.21 bits per heavy atom. The Bertz CT molecular complexity index is 529. The van der Waals surface area contributed by atoms with Gasteiger partial charge in [0.1, 0.15) is 6.33 Å². The number of hydrogen-bond donors (Lipinski definition) is 2. The van der Waals surface area contributed by atoms with Gasteiger partial charge >= 0.3 is 0 Å². The monoisotopic (exact) mass is 296 g/mol. The lowest BCUT2D eigenvalue weighted by Gasteiger charge is -2.10. The van der Waals surface area contributed by atoms with Gasteiger partial charge in [0, 0.05) is 11.6 Å². The molecule has 5 nitrogen and oxygen atoms in total. The van der Waals surface area contributed by atoms with Gasteiger partial charge in [-0.05, 0) is 24.6 Å². The van der Waals surface area contributed by atoms with E-state index in [0.717, 1.165) is 5.56 Å². The molecule has 1 amide bonds. The molecular weight excluding hydrogens is 284 g/mol. The lowest BCUT2D eigenvalue weighted by Crippen LogP contribution is -2.30. The van der Waals surface area contributed by atoms with E-state index in [1.165, 1.54) is 18.1 Å². The van der Waals surface area contributed by atoms with E-state index in [4.69, 9.17) is 11.6 Å². The van der Waals surface area contributed by atoms with E-state index >= 15 is 0 Å². The first kappa shape index (κ1) is 13.9. The Balaban J connectivity index is 1.82. The largest absolute Gasteiger partial charge is 0.351 e. The quantitative estimate of drug-likeness (QED) is 0.830. The number of carbonyl (C=O) groups is 1. The summed E-state index contributed by atoms with van der Waals surface area (Å²) in [6, 6.07) is 7.37. The van der Waals surface area contributed by atoms with Crippen molar-refractivity contribution < 1.29 is 4.79 Å². The minimum absolute atomic E-state index is 0.0450. The van der Waals surface area contributed by atoms with Crippen LogP contribution >= 0.6 is 23.4 Å². The Labute approximate surface area is 120 Å². The number of carbonyl (C=O) groups excluding carboxylic acids is 1. The molecule has 2 aromatic rings. The normalized spacial score (nSPS) is 12.1. The summed E-state index contributed by atoms with van der Waals surface area (Å²) in [6.45, 7) is 2.31. The minimum Gasteiger partial charge on any atom is -0.351 e. The van der Waals surface area contributed by atoms with E-state index in [9.17, 15) is 4.79 Å². The van der Waals surface area contributed by atoms with Gasteiger partial charge in [-0.1, -0.05) is 35.5 Å². The fourth-order valence-corrected chi connectivity index (χ4v) is 2.27. The van der Waals surface area contributed by atoms with Crippen molar-refractivity contribution in [3.05, 3.63) is 41.2 Å². The number of hydrogen-bond acceptors (Lipinski definition) is 4. The van der Waals surface area contributed by atoms with Crippen LogP contribution in [0.15, 0.2) is 35.7 Å². The molecule has 1 atom stereocenters. The molecule has 0 saturated carbocycles. The molecule has 1 heterocycles. The summed E-state index contributed by atoms with van der Waals surface area (Å²) in [6.07, 6.45) is 1.42. The lowest BCUT2D eigenvalue weighted by atomic mass is 10.2. The third-order valence-corrected chi connectivity index (χ3v) is 3.67. The summed E-state index contributed by atoms with van der Waals surface area (Å²) in [5.74, 6) is -0.0450. The van der Waals surface area contributed by atoms with Gasteiger partial charge in [0.05, 0.1) is 5.25 Å². The van der Waals surface area contributed by atoms with Crippen molar-refractivity contribution in [2.24, 2.45) is 0 Å². The van der Waals surface area contributed by atoms with Gasteiger partial charge in [0.25, 0.3) is 0 Å². The van der Waals surface area contributed by atoms with Gasteiger partial charge in [0.2, 0.25) is 5.91 Å². The van der Waals surface area contributed by atoms with Crippen LogP contribution in [0.2, 0.25) is 5.02 Å². The molecule has 100 valence electrons. The van der Waals surface area contributed by atoms with E-state index in [-0.39, 0.29) is 11.2 Å². The zero-order valence-corrected chi connectivity index (χ0v) is 11.8. The predicted octanol–water partition coefficient (Wildman–Crippen LogP) is 2.26. The first-order chi connectivity index (χ1) is 9.15. The number of benzene rings is 1. The van der Waals surface area contributed by atoms with Crippen molar-refractivity contribution in [3.63, 3.8) is 0 Å². The van der Waals surface area contributed by atoms with Gasteiger partial charge in [-0.3, -0.25) is 9.89 Å². The van der Waals surface area contributed by atoms with E-state index in [0.29, 0.717) is 16.7 Å². The molecule has 0 saturated heterocycles. The number of H-pyrrole nitrogens is 1. The molecule has 1 aromatic carbocycles. The first-order valence-electron chi connectivity index (χ1n) is 5.69. The van der Waals surface area contributed by atoms with Gasteiger partial charge in [0.15, 0.2) is 5.16 Å². The standard InChI is InChI=1S/C12H13ClN4OS/c1-8(19-12-15-7-16-17-12)11(18)14-6-9-2-4-10(13)5-3-9/h2-5,7-8H,6H2,1H3,(H,14,18)(H,15,16,17)/t8-/m0/s1.